The van der Waals surface area contributed by atoms with Gasteiger partial charge in [-0.25, -0.2) is 0 Å². The smallest absolute Gasteiger partial charge is 0.252 e. The monoisotopic (exact) mass is 237 g/mol. The van der Waals surface area contributed by atoms with Gasteiger partial charge in [0.25, 0.3) is 5.91 Å². The van der Waals surface area contributed by atoms with Crippen molar-refractivity contribution >= 4 is 5.91 Å². The fourth-order valence-corrected chi connectivity index (χ4v) is 1.89. The van der Waals surface area contributed by atoms with E-state index in [2.05, 4.69) is 10.2 Å². The van der Waals surface area contributed by atoms with Crippen molar-refractivity contribution in [3.8, 4) is 0 Å². The SMILES string of the molecule is Cn1ccc(C(=O)NCCN2CCOCC2)c1. The first-order chi connectivity index (χ1) is 8.25. The molecule has 5 nitrogen and oxygen atoms in total. The van der Waals surface area contributed by atoms with Gasteiger partial charge < -0.3 is 14.6 Å². The standard InChI is InChI=1S/C12H19N3O2/c1-14-4-2-11(10-14)12(16)13-3-5-15-6-8-17-9-7-15/h2,4,10H,3,5-9H2,1H3,(H,13,16). The Bertz CT molecular complexity index is 370. The van der Waals surface area contributed by atoms with Crippen molar-refractivity contribution in [2.24, 2.45) is 7.05 Å². The summed E-state index contributed by atoms with van der Waals surface area (Å²) >= 11 is 0. The van der Waals surface area contributed by atoms with Gasteiger partial charge in [0.2, 0.25) is 0 Å². The normalized spacial score (nSPS) is 17.0. The van der Waals surface area contributed by atoms with Gasteiger partial charge in [0.15, 0.2) is 0 Å². The Hall–Kier alpha value is -1.33. The molecule has 0 bridgehead atoms. The summed E-state index contributed by atoms with van der Waals surface area (Å²) in [6.07, 6.45) is 3.70. The van der Waals surface area contributed by atoms with Crippen LogP contribution in [-0.4, -0.2) is 54.8 Å². The average molecular weight is 237 g/mol. The van der Waals surface area contributed by atoms with E-state index in [4.69, 9.17) is 4.74 Å². The van der Waals surface area contributed by atoms with E-state index in [9.17, 15) is 4.79 Å². The van der Waals surface area contributed by atoms with E-state index >= 15 is 0 Å². The van der Waals surface area contributed by atoms with Crippen molar-refractivity contribution < 1.29 is 9.53 Å². The number of amides is 1. The molecule has 5 heteroatoms. The van der Waals surface area contributed by atoms with Crippen LogP contribution in [0.3, 0.4) is 0 Å². The van der Waals surface area contributed by atoms with E-state index in [1.54, 1.807) is 0 Å². The van der Waals surface area contributed by atoms with Crippen LogP contribution in [0.1, 0.15) is 10.4 Å². The molecule has 1 aliphatic rings. The zero-order valence-electron chi connectivity index (χ0n) is 10.2. The molecule has 2 heterocycles. The predicted molar refractivity (Wildman–Crippen MR) is 65.0 cm³/mol. The number of nitrogens with one attached hydrogen (secondary N) is 1. The molecule has 94 valence electrons. The number of carbonyl (C=O) groups is 1. The molecule has 1 aromatic heterocycles. The minimum absolute atomic E-state index is 0.00106. The summed E-state index contributed by atoms with van der Waals surface area (Å²) in [5.41, 5.74) is 0.717. The summed E-state index contributed by atoms with van der Waals surface area (Å²) in [4.78, 5) is 14.0. The van der Waals surface area contributed by atoms with Gasteiger partial charge in [-0.05, 0) is 6.07 Å². The minimum atomic E-state index is -0.00106. The van der Waals surface area contributed by atoms with Crippen LogP contribution in [-0.2, 0) is 11.8 Å². The third-order valence-corrected chi connectivity index (χ3v) is 2.91. The van der Waals surface area contributed by atoms with Crippen molar-refractivity contribution in [2.45, 2.75) is 0 Å². The molecule has 0 unspecified atom stereocenters. The molecule has 1 fully saturated rings. The van der Waals surface area contributed by atoms with E-state index in [-0.39, 0.29) is 5.91 Å². The maximum absolute atomic E-state index is 11.7. The molecule has 0 aliphatic carbocycles. The number of aromatic nitrogens is 1. The van der Waals surface area contributed by atoms with Gasteiger partial charge in [-0.15, -0.1) is 0 Å². The molecule has 0 spiro atoms. The van der Waals surface area contributed by atoms with Crippen LogP contribution in [0.2, 0.25) is 0 Å². The summed E-state index contributed by atoms with van der Waals surface area (Å²) in [7, 11) is 1.91. The van der Waals surface area contributed by atoms with Crippen LogP contribution in [0.15, 0.2) is 18.5 Å². The third-order valence-electron chi connectivity index (χ3n) is 2.91. The molecule has 1 amide bonds. The first-order valence-electron chi connectivity index (χ1n) is 5.96. The van der Waals surface area contributed by atoms with E-state index in [1.807, 2.05) is 30.1 Å². The maximum atomic E-state index is 11.7. The quantitative estimate of drug-likeness (QED) is 0.807. The summed E-state index contributed by atoms with van der Waals surface area (Å²) in [5, 5.41) is 2.92. The van der Waals surface area contributed by atoms with Gasteiger partial charge in [-0.1, -0.05) is 0 Å². The summed E-state index contributed by atoms with van der Waals surface area (Å²) < 4.78 is 7.14. The number of aryl methyl sites for hydroxylation is 1. The second-order valence-electron chi connectivity index (χ2n) is 4.28. The second kappa shape index (κ2) is 5.84. The molecule has 0 radical (unpaired) electrons. The molecule has 17 heavy (non-hydrogen) atoms. The molecule has 1 saturated heterocycles. The summed E-state index contributed by atoms with van der Waals surface area (Å²) in [5.74, 6) is -0.00106. The van der Waals surface area contributed by atoms with E-state index in [1.165, 1.54) is 0 Å². The largest absolute Gasteiger partial charge is 0.379 e. The van der Waals surface area contributed by atoms with Crippen molar-refractivity contribution in [2.75, 3.05) is 39.4 Å². The molecule has 0 atom stereocenters. The molecule has 0 aromatic carbocycles. The Morgan fingerprint density at radius 2 is 2.24 bits per heavy atom. The number of carbonyl (C=O) groups excluding carboxylic acids is 1. The lowest BCUT2D eigenvalue weighted by Crippen LogP contribution is -2.41. The highest BCUT2D eigenvalue weighted by Gasteiger charge is 2.11. The number of ether oxygens (including phenoxy) is 1. The summed E-state index contributed by atoms with van der Waals surface area (Å²) in [6.45, 7) is 5.09. The first-order valence-corrected chi connectivity index (χ1v) is 5.96. The van der Waals surface area contributed by atoms with E-state index in [0.29, 0.717) is 6.54 Å². The lowest BCUT2D eigenvalue weighted by atomic mass is 10.3. The van der Waals surface area contributed by atoms with Gasteiger partial charge in [0.05, 0.1) is 18.8 Å². The third kappa shape index (κ3) is 3.57. The minimum Gasteiger partial charge on any atom is -0.379 e. The molecule has 1 aromatic rings. The van der Waals surface area contributed by atoms with Gasteiger partial charge in [-0.3, -0.25) is 9.69 Å². The molecule has 1 aliphatic heterocycles. The van der Waals surface area contributed by atoms with Crippen LogP contribution in [0.5, 0.6) is 0 Å². The lowest BCUT2D eigenvalue weighted by molar-refractivity contribution is 0.0383. The highest BCUT2D eigenvalue weighted by molar-refractivity contribution is 5.93. The number of hydrogen-bond acceptors (Lipinski definition) is 3. The molecular formula is C12H19N3O2. The van der Waals surface area contributed by atoms with Crippen molar-refractivity contribution in [1.82, 2.24) is 14.8 Å². The zero-order valence-corrected chi connectivity index (χ0v) is 10.2. The topological polar surface area (TPSA) is 46.5 Å². The van der Waals surface area contributed by atoms with Crippen LogP contribution in [0, 0.1) is 0 Å². The Balaban J connectivity index is 1.69. The summed E-state index contributed by atoms with van der Waals surface area (Å²) in [6, 6.07) is 1.82. The van der Waals surface area contributed by atoms with E-state index < -0.39 is 0 Å². The Kier molecular flexibility index (Phi) is 4.17. The predicted octanol–water partition coefficient (Wildman–Crippen LogP) is 0.0871. The first kappa shape index (κ1) is 12.1. The zero-order chi connectivity index (χ0) is 12.1. The Labute approximate surface area is 101 Å². The second-order valence-corrected chi connectivity index (χ2v) is 4.28. The van der Waals surface area contributed by atoms with Crippen molar-refractivity contribution in [1.29, 1.82) is 0 Å². The van der Waals surface area contributed by atoms with Crippen LogP contribution >= 0.6 is 0 Å². The molecule has 1 N–H and O–H groups in total. The number of nitrogens with zero attached hydrogens (tertiary/aromatic N) is 2. The Morgan fingerprint density at radius 1 is 1.47 bits per heavy atom. The lowest BCUT2D eigenvalue weighted by Gasteiger charge is -2.26. The number of morpholine rings is 1. The highest BCUT2D eigenvalue weighted by atomic mass is 16.5. The van der Waals surface area contributed by atoms with Crippen LogP contribution < -0.4 is 5.32 Å². The highest BCUT2D eigenvalue weighted by Crippen LogP contribution is 1.99. The fraction of sp³-hybridized carbons (Fsp3) is 0.583. The molecular weight excluding hydrogens is 218 g/mol. The number of rotatable bonds is 4. The van der Waals surface area contributed by atoms with Crippen molar-refractivity contribution in [3.05, 3.63) is 24.0 Å². The molecule has 2 rings (SSSR count). The Morgan fingerprint density at radius 3 is 2.88 bits per heavy atom. The average Bonchev–Trinajstić information content (AvgIpc) is 2.77. The van der Waals surface area contributed by atoms with Gasteiger partial charge in [0.1, 0.15) is 0 Å². The van der Waals surface area contributed by atoms with Crippen LogP contribution in [0.25, 0.3) is 0 Å². The maximum Gasteiger partial charge on any atom is 0.252 e. The number of hydrogen-bond donors (Lipinski definition) is 1. The van der Waals surface area contributed by atoms with Gasteiger partial charge in [0, 0.05) is 45.6 Å². The van der Waals surface area contributed by atoms with Gasteiger partial charge in [-0.2, -0.15) is 0 Å². The fourth-order valence-electron chi connectivity index (χ4n) is 1.89. The van der Waals surface area contributed by atoms with Crippen LogP contribution in [0.4, 0.5) is 0 Å². The molecule has 0 saturated carbocycles. The van der Waals surface area contributed by atoms with Crippen molar-refractivity contribution in [3.63, 3.8) is 0 Å². The van der Waals surface area contributed by atoms with Gasteiger partial charge >= 0.3 is 0 Å². The van der Waals surface area contributed by atoms with E-state index in [0.717, 1.165) is 38.4 Å².